The first-order valence-corrected chi connectivity index (χ1v) is 6.93. The van der Waals surface area contributed by atoms with Gasteiger partial charge in [-0.15, -0.1) is 0 Å². The Bertz CT molecular complexity index is 408. The molecule has 2 heteroatoms. The molecule has 2 rings (SSSR count). The summed E-state index contributed by atoms with van der Waals surface area (Å²) in [6, 6.07) is 8.94. The standard InChI is InChI=1S/C16H23NO/c1-12(2)14-6-8-15(9-7-14)16-5-4-10-17(11-16)13(3)18/h6-9,12,16H,4-5,10-11H2,1-3H3. The lowest BCUT2D eigenvalue weighted by atomic mass is 9.89. The Morgan fingerprint density at radius 2 is 1.94 bits per heavy atom. The predicted octanol–water partition coefficient (Wildman–Crippen LogP) is 3.54. The molecule has 1 fully saturated rings. The number of nitrogens with zero attached hydrogens (tertiary/aromatic N) is 1. The van der Waals surface area contributed by atoms with Gasteiger partial charge in [0.1, 0.15) is 0 Å². The van der Waals surface area contributed by atoms with E-state index in [-0.39, 0.29) is 5.91 Å². The number of carbonyl (C=O) groups is 1. The molecule has 1 aliphatic heterocycles. The predicted molar refractivity (Wildman–Crippen MR) is 74.8 cm³/mol. The van der Waals surface area contributed by atoms with E-state index in [4.69, 9.17) is 0 Å². The van der Waals surface area contributed by atoms with E-state index >= 15 is 0 Å². The van der Waals surface area contributed by atoms with Crippen molar-refractivity contribution in [1.29, 1.82) is 0 Å². The number of rotatable bonds is 2. The van der Waals surface area contributed by atoms with E-state index in [9.17, 15) is 4.79 Å². The van der Waals surface area contributed by atoms with Crippen LogP contribution in [0, 0.1) is 0 Å². The van der Waals surface area contributed by atoms with Crippen LogP contribution in [0.1, 0.15) is 56.6 Å². The van der Waals surface area contributed by atoms with Crippen molar-refractivity contribution in [3.05, 3.63) is 35.4 Å². The Balaban J connectivity index is 2.09. The Morgan fingerprint density at radius 3 is 2.50 bits per heavy atom. The fraction of sp³-hybridized carbons (Fsp3) is 0.562. The zero-order valence-corrected chi connectivity index (χ0v) is 11.6. The lowest BCUT2D eigenvalue weighted by Crippen LogP contribution is -2.37. The molecule has 1 heterocycles. The van der Waals surface area contributed by atoms with Gasteiger partial charge in [-0.05, 0) is 29.9 Å². The Morgan fingerprint density at radius 1 is 1.28 bits per heavy atom. The summed E-state index contributed by atoms with van der Waals surface area (Å²) in [4.78, 5) is 13.4. The summed E-state index contributed by atoms with van der Waals surface area (Å²) >= 11 is 0. The zero-order chi connectivity index (χ0) is 13.1. The van der Waals surface area contributed by atoms with Crippen LogP contribution in [0.3, 0.4) is 0 Å². The number of carbonyl (C=O) groups excluding carboxylic acids is 1. The second-order valence-corrected chi connectivity index (χ2v) is 5.63. The molecule has 1 aromatic carbocycles. The quantitative estimate of drug-likeness (QED) is 0.780. The molecule has 1 atom stereocenters. The first-order valence-electron chi connectivity index (χ1n) is 6.93. The van der Waals surface area contributed by atoms with Gasteiger partial charge in [-0.1, -0.05) is 38.1 Å². The molecule has 1 unspecified atom stereocenters. The molecule has 0 bridgehead atoms. The van der Waals surface area contributed by atoms with Crippen molar-refractivity contribution >= 4 is 5.91 Å². The van der Waals surface area contributed by atoms with Crippen molar-refractivity contribution in [2.45, 2.75) is 45.4 Å². The van der Waals surface area contributed by atoms with Gasteiger partial charge >= 0.3 is 0 Å². The number of benzene rings is 1. The highest BCUT2D eigenvalue weighted by Crippen LogP contribution is 2.28. The van der Waals surface area contributed by atoms with E-state index < -0.39 is 0 Å². The molecule has 1 saturated heterocycles. The number of piperidine rings is 1. The maximum Gasteiger partial charge on any atom is 0.219 e. The SMILES string of the molecule is CC(=O)N1CCCC(c2ccc(C(C)C)cc2)C1. The minimum Gasteiger partial charge on any atom is -0.342 e. The molecule has 1 aromatic rings. The number of hydrogen-bond acceptors (Lipinski definition) is 1. The highest BCUT2D eigenvalue weighted by atomic mass is 16.2. The average molecular weight is 245 g/mol. The molecule has 0 N–H and O–H groups in total. The van der Waals surface area contributed by atoms with Crippen LogP contribution in [-0.4, -0.2) is 23.9 Å². The topological polar surface area (TPSA) is 20.3 Å². The van der Waals surface area contributed by atoms with E-state index in [2.05, 4.69) is 38.1 Å². The normalized spacial score (nSPS) is 20.2. The smallest absolute Gasteiger partial charge is 0.219 e. The van der Waals surface area contributed by atoms with E-state index in [1.807, 2.05) is 4.90 Å². The van der Waals surface area contributed by atoms with Gasteiger partial charge in [0.25, 0.3) is 0 Å². The second-order valence-electron chi connectivity index (χ2n) is 5.63. The van der Waals surface area contributed by atoms with E-state index in [0.717, 1.165) is 19.5 Å². The van der Waals surface area contributed by atoms with Crippen LogP contribution in [0.5, 0.6) is 0 Å². The van der Waals surface area contributed by atoms with E-state index in [0.29, 0.717) is 11.8 Å². The fourth-order valence-corrected chi connectivity index (χ4v) is 2.69. The monoisotopic (exact) mass is 245 g/mol. The Kier molecular flexibility index (Phi) is 4.05. The molecule has 18 heavy (non-hydrogen) atoms. The molecule has 2 nitrogen and oxygen atoms in total. The van der Waals surface area contributed by atoms with E-state index in [1.165, 1.54) is 17.5 Å². The Hall–Kier alpha value is -1.31. The lowest BCUT2D eigenvalue weighted by molar-refractivity contribution is -0.130. The van der Waals surface area contributed by atoms with Crippen LogP contribution in [0.15, 0.2) is 24.3 Å². The number of hydrogen-bond donors (Lipinski definition) is 0. The lowest BCUT2D eigenvalue weighted by Gasteiger charge is -2.32. The van der Waals surface area contributed by atoms with Gasteiger partial charge in [0.05, 0.1) is 0 Å². The summed E-state index contributed by atoms with van der Waals surface area (Å²) in [6.07, 6.45) is 2.32. The highest BCUT2D eigenvalue weighted by Gasteiger charge is 2.22. The average Bonchev–Trinajstić information content (AvgIpc) is 2.39. The molecule has 0 aromatic heterocycles. The highest BCUT2D eigenvalue weighted by molar-refractivity contribution is 5.73. The third-order valence-electron chi connectivity index (χ3n) is 3.94. The van der Waals surface area contributed by atoms with Gasteiger partial charge in [-0.3, -0.25) is 4.79 Å². The van der Waals surface area contributed by atoms with Crippen molar-refractivity contribution in [3.8, 4) is 0 Å². The zero-order valence-electron chi connectivity index (χ0n) is 11.6. The Labute approximate surface area is 110 Å². The molecule has 0 spiro atoms. The summed E-state index contributed by atoms with van der Waals surface area (Å²) in [5.41, 5.74) is 2.77. The van der Waals surface area contributed by atoms with Crippen LogP contribution in [0.25, 0.3) is 0 Å². The molecule has 1 aliphatic rings. The molecule has 0 radical (unpaired) electrons. The maximum atomic E-state index is 11.4. The third kappa shape index (κ3) is 2.92. The van der Waals surface area contributed by atoms with E-state index in [1.54, 1.807) is 6.92 Å². The molecular weight excluding hydrogens is 222 g/mol. The van der Waals surface area contributed by atoms with Gasteiger partial charge in [0.15, 0.2) is 0 Å². The fourth-order valence-electron chi connectivity index (χ4n) is 2.69. The summed E-state index contributed by atoms with van der Waals surface area (Å²) in [5.74, 6) is 1.31. The van der Waals surface area contributed by atoms with Gasteiger partial charge in [-0.25, -0.2) is 0 Å². The van der Waals surface area contributed by atoms with Gasteiger partial charge in [-0.2, -0.15) is 0 Å². The summed E-state index contributed by atoms with van der Waals surface area (Å²) in [5, 5.41) is 0. The summed E-state index contributed by atoms with van der Waals surface area (Å²) in [7, 11) is 0. The first-order chi connectivity index (χ1) is 8.58. The minimum absolute atomic E-state index is 0.207. The minimum atomic E-state index is 0.207. The molecular formula is C16H23NO. The third-order valence-corrected chi connectivity index (χ3v) is 3.94. The van der Waals surface area contributed by atoms with Crippen LogP contribution >= 0.6 is 0 Å². The molecule has 0 aliphatic carbocycles. The molecule has 0 saturated carbocycles. The van der Waals surface area contributed by atoms with Gasteiger partial charge < -0.3 is 4.90 Å². The number of likely N-dealkylation sites (tertiary alicyclic amines) is 1. The number of amides is 1. The summed E-state index contributed by atoms with van der Waals surface area (Å²) < 4.78 is 0. The summed E-state index contributed by atoms with van der Waals surface area (Å²) in [6.45, 7) is 7.91. The van der Waals surface area contributed by atoms with Crippen molar-refractivity contribution in [2.75, 3.05) is 13.1 Å². The van der Waals surface area contributed by atoms with Gasteiger partial charge in [0.2, 0.25) is 5.91 Å². The van der Waals surface area contributed by atoms with Gasteiger partial charge in [0, 0.05) is 25.9 Å². The van der Waals surface area contributed by atoms with Crippen LogP contribution in [-0.2, 0) is 4.79 Å². The molecule has 98 valence electrons. The van der Waals surface area contributed by atoms with Crippen LogP contribution in [0.2, 0.25) is 0 Å². The maximum absolute atomic E-state index is 11.4. The van der Waals surface area contributed by atoms with Crippen molar-refractivity contribution in [1.82, 2.24) is 4.90 Å². The van der Waals surface area contributed by atoms with Crippen molar-refractivity contribution in [3.63, 3.8) is 0 Å². The van der Waals surface area contributed by atoms with Crippen LogP contribution in [0.4, 0.5) is 0 Å². The van der Waals surface area contributed by atoms with Crippen LogP contribution < -0.4 is 0 Å². The second kappa shape index (κ2) is 5.55. The van der Waals surface area contributed by atoms with Crippen molar-refractivity contribution < 1.29 is 4.79 Å². The first kappa shape index (κ1) is 13.1. The largest absolute Gasteiger partial charge is 0.342 e. The van der Waals surface area contributed by atoms with Crippen molar-refractivity contribution in [2.24, 2.45) is 0 Å². The molecule has 1 amide bonds.